The molecule has 9 nitrogen and oxygen atoms in total. The van der Waals surface area contributed by atoms with Crippen molar-refractivity contribution in [2.24, 2.45) is 11.1 Å². The molecule has 1 amide bonds. The SMILES string of the molecule is [2H]C([2H])([2H])C(n1cc2c(N3C[C@H](N)C4(CC4)C3)c(NC(=O)c3ccc(=O)n(-c4c(F)cccc4F)n3)ccc2n1)C([2H])([2H])[2H]. The Labute approximate surface area is 225 Å². The number of para-hydroxylation sites is 1. The Morgan fingerprint density at radius 2 is 1.89 bits per heavy atom. The molecule has 2 aromatic heterocycles. The highest BCUT2D eigenvalue weighted by atomic mass is 19.1. The maximum atomic E-state index is 14.4. The summed E-state index contributed by atoms with van der Waals surface area (Å²) in [6, 6.07) is 6.06. The molecule has 0 bridgehead atoms. The molecular formula is C27H27F2N7O2. The van der Waals surface area contributed by atoms with Gasteiger partial charge in [0.25, 0.3) is 11.5 Å². The van der Waals surface area contributed by atoms with Crippen molar-refractivity contribution in [3.63, 3.8) is 0 Å². The molecule has 1 saturated heterocycles. The second-order valence-electron chi connectivity index (χ2n) is 9.75. The van der Waals surface area contributed by atoms with Gasteiger partial charge in [-0.1, -0.05) is 6.07 Å². The van der Waals surface area contributed by atoms with Crippen LogP contribution in [0.4, 0.5) is 20.2 Å². The number of hydrogen-bond donors (Lipinski definition) is 2. The topological polar surface area (TPSA) is 111 Å². The minimum absolute atomic E-state index is 0.111. The number of nitrogens with zero attached hydrogens (tertiary/aromatic N) is 5. The van der Waals surface area contributed by atoms with Gasteiger partial charge >= 0.3 is 0 Å². The Kier molecular flexibility index (Phi) is 4.18. The minimum atomic E-state index is -2.90. The molecular weight excluding hydrogens is 492 g/mol. The van der Waals surface area contributed by atoms with Gasteiger partial charge in [-0.05, 0) is 56.9 Å². The zero-order valence-electron chi connectivity index (χ0n) is 26.0. The van der Waals surface area contributed by atoms with Crippen LogP contribution in [0.1, 0.15) is 51.3 Å². The van der Waals surface area contributed by atoms with E-state index in [-0.39, 0.29) is 22.8 Å². The molecule has 1 aliphatic carbocycles. The Bertz CT molecular complexity index is 1820. The van der Waals surface area contributed by atoms with E-state index in [2.05, 4.69) is 15.5 Å². The van der Waals surface area contributed by atoms with Crippen molar-refractivity contribution in [2.45, 2.75) is 38.6 Å². The van der Waals surface area contributed by atoms with Crippen LogP contribution in [-0.4, -0.2) is 44.6 Å². The summed E-state index contributed by atoms with van der Waals surface area (Å²) in [5.41, 5.74) is 5.43. The Balaban J connectivity index is 1.44. The van der Waals surface area contributed by atoms with E-state index in [1.807, 2.05) is 4.90 Å². The summed E-state index contributed by atoms with van der Waals surface area (Å²) in [4.78, 5) is 27.9. The summed E-state index contributed by atoms with van der Waals surface area (Å²) < 4.78 is 77.5. The van der Waals surface area contributed by atoms with Crippen molar-refractivity contribution in [2.75, 3.05) is 23.3 Å². The first-order valence-electron chi connectivity index (χ1n) is 15.0. The molecule has 0 unspecified atom stereocenters. The summed E-state index contributed by atoms with van der Waals surface area (Å²) >= 11 is 0. The second-order valence-corrected chi connectivity index (χ2v) is 9.75. The summed E-state index contributed by atoms with van der Waals surface area (Å²) in [5.74, 6) is -2.90. The van der Waals surface area contributed by atoms with Crippen molar-refractivity contribution < 1.29 is 21.8 Å². The third-order valence-corrected chi connectivity index (χ3v) is 7.29. The average molecular weight is 526 g/mol. The molecule has 3 N–H and O–H groups in total. The van der Waals surface area contributed by atoms with Crippen LogP contribution in [0.3, 0.4) is 0 Å². The van der Waals surface area contributed by atoms with E-state index in [1.54, 1.807) is 0 Å². The van der Waals surface area contributed by atoms with E-state index in [9.17, 15) is 18.4 Å². The van der Waals surface area contributed by atoms with Crippen molar-refractivity contribution in [1.82, 2.24) is 19.6 Å². The smallest absolute Gasteiger partial charge is 0.276 e. The number of nitrogens with one attached hydrogen (secondary N) is 1. The molecule has 0 radical (unpaired) electrons. The maximum Gasteiger partial charge on any atom is 0.276 e. The molecule has 1 atom stereocenters. The van der Waals surface area contributed by atoms with Crippen LogP contribution >= 0.6 is 0 Å². The van der Waals surface area contributed by atoms with Gasteiger partial charge in [-0.15, -0.1) is 0 Å². The van der Waals surface area contributed by atoms with Gasteiger partial charge in [-0.3, -0.25) is 14.3 Å². The van der Waals surface area contributed by atoms with Crippen LogP contribution in [0.5, 0.6) is 0 Å². The number of amides is 1. The fraction of sp³-hybridized carbons (Fsp3) is 0.333. The first-order chi connectivity index (χ1) is 20.6. The number of fused-ring (bicyclic) bond motifs is 1. The molecule has 4 aromatic rings. The predicted molar refractivity (Wildman–Crippen MR) is 140 cm³/mol. The molecule has 6 rings (SSSR count). The number of rotatable bonds is 5. The highest BCUT2D eigenvalue weighted by molar-refractivity contribution is 6.08. The van der Waals surface area contributed by atoms with Gasteiger partial charge in [0, 0.05) is 56.5 Å². The largest absolute Gasteiger partial charge is 0.367 e. The first kappa shape index (κ1) is 18.2. The molecule has 11 heteroatoms. The fourth-order valence-electron chi connectivity index (χ4n) is 5.09. The van der Waals surface area contributed by atoms with Gasteiger partial charge in [-0.2, -0.15) is 14.9 Å². The van der Waals surface area contributed by atoms with E-state index in [1.165, 1.54) is 18.3 Å². The van der Waals surface area contributed by atoms with Crippen LogP contribution in [0.2, 0.25) is 0 Å². The van der Waals surface area contributed by atoms with E-state index in [0.717, 1.165) is 47.9 Å². The van der Waals surface area contributed by atoms with E-state index >= 15 is 0 Å². The van der Waals surface area contributed by atoms with Crippen LogP contribution in [-0.2, 0) is 0 Å². The summed E-state index contributed by atoms with van der Waals surface area (Å²) in [7, 11) is 0. The van der Waals surface area contributed by atoms with Crippen LogP contribution < -0.4 is 21.5 Å². The molecule has 196 valence electrons. The summed E-state index contributed by atoms with van der Waals surface area (Å²) in [6.07, 6.45) is 3.17. The Morgan fingerprint density at radius 1 is 1.13 bits per heavy atom. The lowest BCUT2D eigenvalue weighted by Crippen LogP contribution is -2.30. The molecule has 1 spiro atoms. The lowest BCUT2D eigenvalue weighted by Gasteiger charge is -2.23. The van der Waals surface area contributed by atoms with Crippen LogP contribution in [0, 0.1) is 17.0 Å². The molecule has 38 heavy (non-hydrogen) atoms. The molecule has 1 saturated carbocycles. The number of benzene rings is 2. The van der Waals surface area contributed by atoms with Crippen LogP contribution in [0.25, 0.3) is 16.6 Å². The second kappa shape index (κ2) is 8.73. The lowest BCUT2D eigenvalue weighted by atomic mass is 10.0. The van der Waals surface area contributed by atoms with Crippen molar-refractivity contribution >= 4 is 28.2 Å². The van der Waals surface area contributed by atoms with Gasteiger partial charge in [0.2, 0.25) is 0 Å². The quantitative estimate of drug-likeness (QED) is 0.412. The van der Waals surface area contributed by atoms with E-state index in [0.29, 0.717) is 34.4 Å². The lowest BCUT2D eigenvalue weighted by molar-refractivity contribution is 0.102. The maximum absolute atomic E-state index is 14.4. The van der Waals surface area contributed by atoms with Crippen LogP contribution in [0.15, 0.2) is 53.5 Å². The normalized spacial score (nSPS) is 21.1. The fourth-order valence-corrected chi connectivity index (χ4v) is 5.09. The third-order valence-electron chi connectivity index (χ3n) is 7.29. The van der Waals surface area contributed by atoms with Crippen molar-refractivity contribution in [3.8, 4) is 5.69 Å². The number of halogens is 2. The van der Waals surface area contributed by atoms with Gasteiger partial charge in [0.1, 0.15) is 11.4 Å². The number of hydrogen-bond acceptors (Lipinski definition) is 6. The number of nitrogens with two attached hydrogens (primary N) is 1. The van der Waals surface area contributed by atoms with Gasteiger partial charge < -0.3 is 16.0 Å². The monoisotopic (exact) mass is 525 g/mol. The average Bonchev–Trinajstić information content (AvgIpc) is 3.47. The standard InChI is InChI=1S/C27H27F2N7O2/c1-15(2)35-12-16-19(32-35)6-7-20(24(16)34-13-22(30)27(14-34)10-11-27)31-26(38)21-8-9-23(37)36(33-21)25-17(28)4-3-5-18(25)29/h3-9,12,15,22H,10-11,13-14,30H2,1-2H3,(H,31,38)/t22-/m0/s1/i1D3,2D3. The highest BCUT2D eigenvalue weighted by Crippen LogP contribution is 2.54. The molecule has 2 aromatic carbocycles. The zero-order valence-corrected chi connectivity index (χ0v) is 20.0. The Hall–Kier alpha value is -4.12. The van der Waals surface area contributed by atoms with Gasteiger partial charge in [-0.25, -0.2) is 8.78 Å². The summed E-state index contributed by atoms with van der Waals surface area (Å²) in [6.45, 7) is -4.85. The van der Waals surface area contributed by atoms with E-state index in [4.69, 9.17) is 14.0 Å². The highest BCUT2D eigenvalue weighted by Gasteiger charge is 2.54. The number of carbonyl (C=O) groups is 1. The van der Waals surface area contributed by atoms with Crippen molar-refractivity contribution in [1.29, 1.82) is 0 Å². The molecule has 2 fully saturated rings. The van der Waals surface area contributed by atoms with Gasteiger partial charge in [0.15, 0.2) is 11.6 Å². The van der Waals surface area contributed by atoms with E-state index < -0.39 is 48.5 Å². The van der Waals surface area contributed by atoms with Crippen molar-refractivity contribution in [3.05, 3.63) is 76.3 Å². The Morgan fingerprint density at radius 3 is 2.58 bits per heavy atom. The number of aromatic nitrogens is 4. The predicted octanol–water partition coefficient (Wildman–Crippen LogP) is 3.62. The summed E-state index contributed by atoms with van der Waals surface area (Å²) in [5, 5.41) is 11.3. The third kappa shape index (κ3) is 3.94. The minimum Gasteiger partial charge on any atom is -0.367 e. The number of carbonyl (C=O) groups excluding carboxylic acids is 1. The molecule has 3 heterocycles. The first-order valence-corrected chi connectivity index (χ1v) is 12.0. The zero-order chi connectivity index (χ0) is 31.8. The van der Waals surface area contributed by atoms with Gasteiger partial charge in [0.05, 0.1) is 16.9 Å². The molecule has 1 aliphatic heterocycles. The molecule has 2 aliphatic rings. The number of anilines is 2.